The number of nitrogens with zero attached hydrogens (tertiary/aromatic N) is 1. The van der Waals surface area contributed by atoms with Gasteiger partial charge in [-0.05, 0) is 25.3 Å². The molecule has 2 heterocycles. The van der Waals surface area contributed by atoms with Gasteiger partial charge in [-0.2, -0.15) is 0 Å². The molecule has 1 aromatic carbocycles. The fraction of sp³-hybridized carbons (Fsp3) is 0.412. The van der Waals surface area contributed by atoms with E-state index in [0.717, 1.165) is 30.3 Å². The summed E-state index contributed by atoms with van der Waals surface area (Å²) in [5, 5.41) is 0.950. The van der Waals surface area contributed by atoms with E-state index in [-0.39, 0.29) is 12.4 Å². The topological polar surface area (TPSA) is 57.5 Å². The molecule has 0 atom stereocenters. The summed E-state index contributed by atoms with van der Waals surface area (Å²) in [4.78, 5) is 24.2. The Bertz CT molecular complexity index is 745. The van der Waals surface area contributed by atoms with Gasteiger partial charge in [-0.15, -0.1) is 0 Å². The van der Waals surface area contributed by atoms with Gasteiger partial charge in [0.05, 0.1) is 25.7 Å². The van der Waals surface area contributed by atoms with E-state index in [1.165, 1.54) is 12.7 Å². The van der Waals surface area contributed by atoms with Gasteiger partial charge in [0.1, 0.15) is 5.69 Å². The zero-order chi connectivity index (χ0) is 15.7. The van der Waals surface area contributed by atoms with Crippen LogP contribution in [0.4, 0.5) is 0 Å². The Hall–Kier alpha value is -2.30. The zero-order valence-electron chi connectivity index (χ0n) is 12.8. The highest BCUT2D eigenvalue weighted by atomic mass is 16.5. The summed E-state index contributed by atoms with van der Waals surface area (Å²) in [6.07, 6.45) is 2.05. The minimum absolute atomic E-state index is 0.0885. The maximum absolute atomic E-state index is 12.3. The first-order valence-electron chi connectivity index (χ1n) is 7.54. The SMILES string of the molecule is CCOC(=O)Cc1c(C(=O)OC)n2c3c(cccc13)CCC2. The van der Waals surface area contributed by atoms with Gasteiger partial charge in [-0.3, -0.25) is 4.79 Å². The van der Waals surface area contributed by atoms with Gasteiger partial charge < -0.3 is 14.0 Å². The monoisotopic (exact) mass is 301 g/mol. The molecule has 5 nitrogen and oxygen atoms in total. The lowest BCUT2D eigenvalue weighted by molar-refractivity contribution is -0.142. The Morgan fingerprint density at radius 2 is 2.14 bits per heavy atom. The third-order valence-corrected chi connectivity index (χ3v) is 4.10. The standard InChI is InChI=1S/C17H19NO4/c1-3-22-14(19)10-13-12-8-4-6-11-7-5-9-18(15(11)12)16(13)17(20)21-2/h4,6,8H,3,5,7,9-10H2,1-2H3. The molecule has 0 fully saturated rings. The van der Waals surface area contributed by atoms with Crippen LogP contribution in [0.25, 0.3) is 10.9 Å². The molecule has 2 aromatic rings. The third kappa shape index (κ3) is 2.26. The van der Waals surface area contributed by atoms with Crippen molar-refractivity contribution in [3.63, 3.8) is 0 Å². The normalized spacial score (nSPS) is 13.2. The Morgan fingerprint density at radius 1 is 1.32 bits per heavy atom. The fourth-order valence-corrected chi connectivity index (χ4v) is 3.27. The Balaban J connectivity index is 2.22. The molecule has 0 aliphatic carbocycles. The first-order valence-corrected chi connectivity index (χ1v) is 7.54. The summed E-state index contributed by atoms with van der Waals surface area (Å²) in [5.74, 6) is -0.722. The van der Waals surface area contributed by atoms with Crippen LogP contribution in [0.3, 0.4) is 0 Å². The van der Waals surface area contributed by atoms with Gasteiger partial charge in [0.25, 0.3) is 0 Å². The van der Waals surface area contributed by atoms with Gasteiger partial charge in [-0.25, -0.2) is 4.79 Å². The quantitative estimate of drug-likeness (QED) is 0.814. The van der Waals surface area contributed by atoms with E-state index >= 15 is 0 Å². The number of carbonyl (C=O) groups excluding carboxylic acids is 2. The first-order chi connectivity index (χ1) is 10.7. The third-order valence-electron chi connectivity index (χ3n) is 4.10. The zero-order valence-corrected chi connectivity index (χ0v) is 12.8. The lowest BCUT2D eigenvalue weighted by Gasteiger charge is -2.17. The van der Waals surface area contributed by atoms with Crippen molar-refractivity contribution in [3.8, 4) is 0 Å². The molecule has 0 saturated heterocycles. The number of rotatable bonds is 4. The molecule has 0 N–H and O–H groups in total. The Kier molecular flexibility index (Phi) is 3.88. The maximum atomic E-state index is 12.3. The highest BCUT2D eigenvalue weighted by molar-refractivity contribution is 6.02. The van der Waals surface area contributed by atoms with Crippen LogP contribution in [0.15, 0.2) is 18.2 Å². The molecule has 1 aliphatic heterocycles. The van der Waals surface area contributed by atoms with Crippen molar-refractivity contribution in [2.45, 2.75) is 32.7 Å². The van der Waals surface area contributed by atoms with Gasteiger partial charge in [-0.1, -0.05) is 18.2 Å². The highest BCUT2D eigenvalue weighted by Crippen LogP contribution is 2.33. The number of carbonyl (C=O) groups is 2. The molecule has 22 heavy (non-hydrogen) atoms. The molecule has 0 unspecified atom stereocenters. The second-order valence-electron chi connectivity index (χ2n) is 5.37. The first kappa shape index (κ1) is 14.6. The van der Waals surface area contributed by atoms with E-state index in [1.807, 2.05) is 16.7 Å². The average molecular weight is 301 g/mol. The summed E-state index contributed by atoms with van der Waals surface area (Å²) in [7, 11) is 1.37. The molecule has 0 spiro atoms. The second-order valence-corrected chi connectivity index (χ2v) is 5.37. The molecule has 0 saturated carbocycles. The molecule has 3 rings (SSSR count). The number of aromatic nitrogens is 1. The predicted octanol–water partition coefficient (Wildman–Crippen LogP) is 2.48. The molecule has 1 aliphatic rings. The molecule has 1 aromatic heterocycles. The van der Waals surface area contributed by atoms with E-state index in [4.69, 9.17) is 9.47 Å². The minimum Gasteiger partial charge on any atom is -0.466 e. The Labute approximate surface area is 128 Å². The van der Waals surface area contributed by atoms with E-state index in [9.17, 15) is 9.59 Å². The van der Waals surface area contributed by atoms with Gasteiger partial charge in [0.2, 0.25) is 0 Å². The smallest absolute Gasteiger partial charge is 0.355 e. The number of ether oxygens (including phenoxy) is 2. The molecular weight excluding hydrogens is 282 g/mol. The van der Waals surface area contributed by atoms with Gasteiger partial charge >= 0.3 is 11.9 Å². The second kappa shape index (κ2) is 5.83. The fourth-order valence-electron chi connectivity index (χ4n) is 3.27. The summed E-state index contributed by atoms with van der Waals surface area (Å²) in [6.45, 7) is 2.87. The van der Waals surface area contributed by atoms with Crippen LogP contribution >= 0.6 is 0 Å². The number of benzene rings is 1. The number of hydrogen-bond donors (Lipinski definition) is 0. The van der Waals surface area contributed by atoms with Crippen molar-refractivity contribution in [2.24, 2.45) is 0 Å². The lowest BCUT2D eigenvalue weighted by Crippen LogP contribution is -2.17. The van der Waals surface area contributed by atoms with Crippen LogP contribution in [-0.2, 0) is 33.7 Å². The van der Waals surface area contributed by atoms with Crippen molar-refractivity contribution < 1.29 is 19.1 Å². The highest BCUT2D eigenvalue weighted by Gasteiger charge is 2.27. The number of aryl methyl sites for hydroxylation is 2. The molecule has 116 valence electrons. The van der Waals surface area contributed by atoms with Crippen molar-refractivity contribution >= 4 is 22.8 Å². The van der Waals surface area contributed by atoms with Crippen LogP contribution < -0.4 is 0 Å². The summed E-state index contributed by atoms with van der Waals surface area (Å²) >= 11 is 0. The predicted molar refractivity (Wildman–Crippen MR) is 81.9 cm³/mol. The lowest BCUT2D eigenvalue weighted by atomic mass is 10.0. The average Bonchev–Trinajstić information content (AvgIpc) is 2.83. The minimum atomic E-state index is -0.400. The van der Waals surface area contributed by atoms with Crippen LogP contribution in [0.2, 0.25) is 0 Å². The number of hydrogen-bond acceptors (Lipinski definition) is 4. The Morgan fingerprint density at radius 3 is 2.86 bits per heavy atom. The van der Waals surface area contributed by atoms with E-state index in [2.05, 4.69) is 6.07 Å². The van der Waals surface area contributed by atoms with E-state index < -0.39 is 5.97 Å². The summed E-state index contributed by atoms with van der Waals surface area (Å²) in [5.41, 5.74) is 3.46. The van der Waals surface area contributed by atoms with Crippen molar-refractivity contribution in [1.29, 1.82) is 0 Å². The van der Waals surface area contributed by atoms with E-state index in [0.29, 0.717) is 17.9 Å². The molecular formula is C17H19NO4. The van der Waals surface area contributed by atoms with Crippen LogP contribution in [0.5, 0.6) is 0 Å². The summed E-state index contributed by atoms with van der Waals surface area (Å²) < 4.78 is 12.0. The number of methoxy groups -OCH3 is 1. The molecule has 0 radical (unpaired) electrons. The van der Waals surface area contributed by atoms with Crippen LogP contribution in [0, 0.1) is 0 Å². The largest absolute Gasteiger partial charge is 0.466 e. The van der Waals surface area contributed by atoms with Crippen LogP contribution in [0.1, 0.15) is 35.0 Å². The molecule has 0 bridgehead atoms. The van der Waals surface area contributed by atoms with Crippen molar-refractivity contribution in [2.75, 3.05) is 13.7 Å². The van der Waals surface area contributed by atoms with Gasteiger partial charge in [0.15, 0.2) is 0 Å². The van der Waals surface area contributed by atoms with E-state index in [1.54, 1.807) is 6.92 Å². The molecule has 0 amide bonds. The maximum Gasteiger partial charge on any atom is 0.355 e. The molecule has 5 heteroatoms. The summed E-state index contributed by atoms with van der Waals surface area (Å²) in [6, 6.07) is 6.01. The van der Waals surface area contributed by atoms with Gasteiger partial charge in [0, 0.05) is 17.5 Å². The number of esters is 2. The van der Waals surface area contributed by atoms with Crippen molar-refractivity contribution in [3.05, 3.63) is 35.0 Å². The van der Waals surface area contributed by atoms with Crippen molar-refractivity contribution in [1.82, 2.24) is 4.57 Å². The van der Waals surface area contributed by atoms with Crippen LogP contribution in [-0.4, -0.2) is 30.2 Å². The number of para-hydroxylation sites is 1.